The van der Waals surface area contributed by atoms with E-state index in [0.717, 1.165) is 29.4 Å². The Labute approximate surface area is 166 Å². The number of aromatic amines is 1. The lowest BCUT2D eigenvalue weighted by molar-refractivity contribution is -0.129. The Morgan fingerprint density at radius 3 is 2.86 bits per heavy atom. The zero-order chi connectivity index (χ0) is 18.9. The van der Waals surface area contributed by atoms with Gasteiger partial charge in [0.1, 0.15) is 0 Å². The van der Waals surface area contributed by atoms with Crippen LogP contribution in [0.2, 0.25) is 0 Å². The Morgan fingerprint density at radius 1 is 1.11 bits per heavy atom. The van der Waals surface area contributed by atoms with Crippen molar-refractivity contribution < 1.29 is 9.21 Å². The van der Waals surface area contributed by atoms with Gasteiger partial charge in [-0.15, -0.1) is 10.2 Å². The number of H-pyrrole nitrogens is 1. The highest BCUT2D eigenvalue weighted by atomic mass is 32.2. The molecular weight excluding hydrogens is 372 g/mol. The first-order valence-corrected chi connectivity index (χ1v) is 10.1. The number of benzene rings is 2. The quantitative estimate of drug-likeness (QED) is 0.535. The van der Waals surface area contributed by atoms with Gasteiger partial charge in [0.2, 0.25) is 5.91 Å². The summed E-state index contributed by atoms with van der Waals surface area (Å²) in [6, 6.07) is 16.3. The summed E-state index contributed by atoms with van der Waals surface area (Å²) in [5, 5.41) is 9.68. The van der Waals surface area contributed by atoms with Gasteiger partial charge in [-0.05, 0) is 23.6 Å². The summed E-state index contributed by atoms with van der Waals surface area (Å²) in [4.78, 5) is 17.7. The molecular formula is C21H18N4O2S. The third kappa shape index (κ3) is 3.18. The average Bonchev–Trinajstić information content (AvgIpc) is 3.38. The minimum Gasteiger partial charge on any atom is -0.411 e. The number of aromatic nitrogens is 3. The maximum atomic E-state index is 12.6. The normalized spacial score (nSPS) is 13.6. The fourth-order valence-corrected chi connectivity index (χ4v) is 4.21. The highest BCUT2D eigenvalue weighted by molar-refractivity contribution is 7.99. The number of para-hydroxylation sites is 1. The summed E-state index contributed by atoms with van der Waals surface area (Å²) >= 11 is 1.29. The lowest BCUT2D eigenvalue weighted by atomic mass is 10.00. The van der Waals surface area contributed by atoms with Crippen molar-refractivity contribution in [1.29, 1.82) is 0 Å². The van der Waals surface area contributed by atoms with Crippen LogP contribution in [0.15, 0.2) is 64.4 Å². The van der Waals surface area contributed by atoms with Crippen molar-refractivity contribution in [3.05, 3.63) is 65.9 Å². The second kappa shape index (κ2) is 7.16. The Bertz CT molecular complexity index is 1150. The van der Waals surface area contributed by atoms with E-state index in [2.05, 4.69) is 27.3 Å². The number of thioether (sulfide) groups is 1. The first-order valence-electron chi connectivity index (χ1n) is 9.15. The van der Waals surface area contributed by atoms with Gasteiger partial charge in [-0.25, -0.2) is 0 Å². The van der Waals surface area contributed by atoms with Crippen LogP contribution >= 0.6 is 11.8 Å². The minimum absolute atomic E-state index is 0.0892. The fourth-order valence-electron chi connectivity index (χ4n) is 3.55. The molecule has 28 heavy (non-hydrogen) atoms. The van der Waals surface area contributed by atoms with Gasteiger partial charge in [0.25, 0.3) is 11.1 Å². The van der Waals surface area contributed by atoms with E-state index in [0.29, 0.717) is 17.7 Å². The number of hydrogen-bond acceptors (Lipinski definition) is 5. The van der Waals surface area contributed by atoms with Crippen LogP contribution in [0, 0.1) is 0 Å². The maximum absolute atomic E-state index is 12.6. The zero-order valence-corrected chi connectivity index (χ0v) is 15.9. The van der Waals surface area contributed by atoms with Crippen LogP contribution in [0.5, 0.6) is 0 Å². The monoisotopic (exact) mass is 390 g/mol. The van der Waals surface area contributed by atoms with Gasteiger partial charge in [0.05, 0.1) is 11.3 Å². The van der Waals surface area contributed by atoms with Crippen LogP contribution in [0.1, 0.15) is 11.1 Å². The van der Waals surface area contributed by atoms with Crippen LogP contribution in [0.3, 0.4) is 0 Å². The van der Waals surface area contributed by atoms with Crippen molar-refractivity contribution in [3.63, 3.8) is 0 Å². The molecule has 0 aliphatic carbocycles. The van der Waals surface area contributed by atoms with Gasteiger partial charge in [0.15, 0.2) is 0 Å². The van der Waals surface area contributed by atoms with Gasteiger partial charge in [0, 0.05) is 30.2 Å². The second-order valence-electron chi connectivity index (χ2n) is 6.74. The Kier molecular flexibility index (Phi) is 4.37. The molecule has 0 saturated heterocycles. The standard InChI is InChI=1S/C21H18N4O2S/c26-19(25-10-9-14-5-1-2-6-15(14)12-25)13-28-21-24-23-20(27-21)17-11-22-18-8-4-3-7-16(17)18/h1-8,11,22H,9-10,12-13H2. The predicted octanol–water partition coefficient (Wildman–Crippen LogP) is 3.89. The van der Waals surface area contributed by atoms with Crippen molar-refractivity contribution in [1.82, 2.24) is 20.1 Å². The van der Waals surface area contributed by atoms with E-state index in [4.69, 9.17) is 4.42 Å². The second-order valence-corrected chi connectivity index (χ2v) is 7.67. The number of rotatable bonds is 4. The van der Waals surface area contributed by atoms with E-state index in [1.54, 1.807) is 0 Å². The van der Waals surface area contributed by atoms with E-state index in [1.807, 2.05) is 47.5 Å². The highest BCUT2D eigenvalue weighted by Gasteiger charge is 2.21. The number of hydrogen-bond donors (Lipinski definition) is 1. The molecule has 0 atom stereocenters. The van der Waals surface area contributed by atoms with Crippen LogP contribution < -0.4 is 0 Å². The molecule has 0 unspecified atom stereocenters. The Balaban J connectivity index is 1.25. The first kappa shape index (κ1) is 17.1. The summed E-state index contributed by atoms with van der Waals surface area (Å²) in [6.07, 6.45) is 2.76. The van der Waals surface area contributed by atoms with Crippen molar-refractivity contribution in [2.45, 2.75) is 18.2 Å². The number of amides is 1. The number of nitrogens with one attached hydrogen (secondary N) is 1. The van der Waals surface area contributed by atoms with Gasteiger partial charge in [-0.3, -0.25) is 4.79 Å². The molecule has 1 aliphatic rings. The molecule has 1 aliphatic heterocycles. The third-order valence-electron chi connectivity index (χ3n) is 5.03. The molecule has 2 aromatic heterocycles. The van der Waals surface area contributed by atoms with Gasteiger partial charge in [-0.1, -0.05) is 54.2 Å². The molecule has 0 fully saturated rings. The predicted molar refractivity (Wildman–Crippen MR) is 108 cm³/mol. The van der Waals surface area contributed by atoms with E-state index in [-0.39, 0.29) is 11.7 Å². The lowest BCUT2D eigenvalue weighted by Crippen LogP contribution is -2.37. The molecule has 3 heterocycles. The summed E-state index contributed by atoms with van der Waals surface area (Å²) in [5.41, 5.74) is 4.45. The summed E-state index contributed by atoms with van der Waals surface area (Å²) in [6.45, 7) is 1.42. The van der Waals surface area contributed by atoms with Crippen LogP contribution in [-0.4, -0.2) is 38.3 Å². The molecule has 5 rings (SSSR count). The van der Waals surface area contributed by atoms with Gasteiger partial charge in [-0.2, -0.15) is 0 Å². The number of nitrogens with zero attached hydrogens (tertiary/aromatic N) is 3. The maximum Gasteiger partial charge on any atom is 0.277 e. The summed E-state index contributed by atoms with van der Waals surface area (Å²) in [5.74, 6) is 0.836. The number of carbonyl (C=O) groups excluding carboxylic acids is 1. The molecule has 2 aromatic carbocycles. The molecule has 4 aromatic rings. The molecule has 0 radical (unpaired) electrons. The topological polar surface area (TPSA) is 75.0 Å². The molecule has 0 saturated carbocycles. The van der Waals surface area contributed by atoms with Gasteiger partial charge < -0.3 is 14.3 Å². The molecule has 0 spiro atoms. The molecule has 1 amide bonds. The van der Waals surface area contributed by atoms with Gasteiger partial charge >= 0.3 is 0 Å². The molecule has 6 nitrogen and oxygen atoms in total. The SMILES string of the molecule is O=C(CSc1nnc(-c2c[nH]c3ccccc23)o1)N1CCc2ccccc2C1. The van der Waals surface area contributed by atoms with E-state index in [1.165, 1.54) is 22.9 Å². The smallest absolute Gasteiger partial charge is 0.277 e. The van der Waals surface area contributed by atoms with Crippen molar-refractivity contribution >= 4 is 28.6 Å². The van der Waals surface area contributed by atoms with Crippen LogP contribution in [0.25, 0.3) is 22.4 Å². The number of carbonyl (C=O) groups is 1. The van der Waals surface area contributed by atoms with Crippen molar-refractivity contribution in [2.24, 2.45) is 0 Å². The zero-order valence-electron chi connectivity index (χ0n) is 15.1. The molecule has 1 N–H and O–H groups in total. The lowest BCUT2D eigenvalue weighted by Gasteiger charge is -2.28. The van der Waals surface area contributed by atoms with Crippen LogP contribution in [0.4, 0.5) is 0 Å². The summed E-state index contributed by atoms with van der Waals surface area (Å²) in [7, 11) is 0. The third-order valence-corrected chi connectivity index (χ3v) is 5.83. The van der Waals surface area contributed by atoms with Crippen molar-refractivity contribution in [2.75, 3.05) is 12.3 Å². The van der Waals surface area contributed by atoms with Crippen molar-refractivity contribution in [3.8, 4) is 11.5 Å². The molecule has 140 valence electrons. The first-order chi connectivity index (χ1) is 13.8. The summed E-state index contributed by atoms with van der Waals surface area (Å²) < 4.78 is 5.78. The largest absolute Gasteiger partial charge is 0.411 e. The van der Waals surface area contributed by atoms with E-state index in [9.17, 15) is 4.79 Å². The van der Waals surface area contributed by atoms with E-state index < -0.39 is 0 Å². The number of fused-ring (bicyclic) bond motifs is 2. The minimum atomic E-state index is 0.0892. The molecule has 7 heteroatoms. The van der Waals surface area contributed by atoms with Crippen LogP contribution in [-0.2, 0) is 17.8 Å². The Morgan fingerprint density at radius 2 is 1.93 bits per heavy atom. The Hall–Kier alpha value is -3.06. The fraction of sp³-hybridized carbons (Fsp3) is 0.190. The average molecular weight is 390 g/mol. The highest BCUT2D eigenvalue weighted by Crippen LogP contribution is 2.29. The molecule has 0 bridgehead atoms. The van der Waals surface area contributed by atoms with E-state index >= 15 is 0 Å².